The van der Waals surface area contributed by atoms with Gasteiger partial charge in [-0.15, -0.1) is 0 Å². The lowest BCUT2D eigenvalue weighted by Gasteiger charge is -2.20. The molecular weight excluding hydrogens is 186 g/mol. The van der Waals surface area contributed by atoms with Crippen LogP contribution >= 0.6 is 0 Å². The number of imidazole rings is 1. The second kappa shape index (κ2) is 3.57. The Kier molecular flexibility index (Phi) is 2.09. The van der Waals surface area contributed by atoms with Gasteiger partial charge in [0.15, 0.2) is 0 Å². The Morgan fingerprint density at radius 2 is 2.40 bits per heavy atom. The van der Waals surface area contributed by atoms with Crippen LogP contribution in [0.5, 0.6) is 0 Å². The number of rotatable bonds is 2. The molecule has 3 nitrogen and oxygen atoms in total. The predicted molar refractivity (Wildman–Crippen MR) is 59.0 cm³/mol. The Labute approximate surface area is 89.5 Å². The van der Waals surface area contributed by atoms with Crippen molar-refractivity contribution in [2.24, 2.45) is 0 Å². The van der Waals surface area contributed by atoms with Crippen LogP contribution in [0.4, 0.5) is 0 Å². The van der Waals surface area contributed by atoms with Crippen LogP contribution in [-0.2, 0) is 6.54 Å². The highest BCUT2D eigenvalue weighted by Crippen LogP contribution is 2.31. The third-order valence-corrected chi connectivity index (χ3v) is 3.19. The van der Waals surface area contributed by atoms with Gasteiger partial charge in [0, 0.05) is 18.4 Å². The summed E-state index contributed by atoms with van der Waals surface area (Å²) < 4.78 is 0. The fourth-order valence-corrected chi connectivity index (χ4v) is 2.41. The first-order chi connectivity index (χ1) is 7.43. The topological polar surface area (TPSA) is 31.9 Å². The lowest BCUT2D eigenvalue weighted by atomic mass is 10.0. The summed E-state index contributed by atoms with van der Waals surface area (Å²) in [6.07, 6.45) is 11.9. The smallest absolute Gasteiger partial charge is 0.0922 e. The zero-order chi connectivity index (χ0) is 10.1. The van der Waals surface area contributed by atoms with Crippen molar-refractivity contribution in [1.29, 1.82) is 0 Å². The average Bonchev–Trinajstić information content (AvgIpc) is 2.89. The molecule has 15 heavy (non-hydrogen) atoms. The number of hydrogen-bond acceptors (Lipinski definition) is 2. The lowest BCUT2D eigenvalue weighted by molar-refractivity contribution is 0.375. The largest absolute Gasteiger partial charge is 0.365 e. The molecule has 2 aliphatic rings. The minimum absolute atomic E-state index is 0.961. The maximum atomic E-state index is 4.05. The maximum Gasteiger partial charge on any atom is 0.0922 e. The SMILES string of the molecule is C1=CC2=C(CC1)CCN2Cc1cnc[nH]1. The van der Waals surface area contributed by atoms with Gasteiger partial charge in [-0.05, 0) is 30.9 Å². The van der Waals surface area contributed by atoms with E-state index < -0.39 is 0 Å². The minimum Gasteiger partial charge on any atom is -0.365 e. The highest BCUT2D eigenvalue weighted by molar-refractivity contribution is 5.32. The third-order valence-electron chi connectivity index (χ3n) is 3.19. The number of hydrogen-bond donors (Lipinski definition) is 1. The van der Waals surface area contributed by atoms with Gasteiger partial charge in [-0.1, -0.05) is 6.08 Å². The van der Waals surface area contributed by atoms with Crippen LogP contribution in [-0.4, -0.2) is 21.4 Å². The molecule has 0 aromatic carbocycles. The van der Waals surface area contributed by atoms with E-state index in [9.17, 15) is 0 Å². The molecule has 1 aliphatic carbocycles. The van der Waals surface area contributed by atoms with E-state index in [0.29, 0.717) is 0 Å². The van der Waals surface area contributed by atoms with Gasteiger partial charge in [-0.2, -0.15) is 0 Å². The zero-order valence-corrected chi connectivity index (χ0v) is 8.74. The van der Waals surface area contributed by atoms with E-state index >= 15 is 0 Å². The van der Waals surface area contributed by atoms with Crippen molar-refractivity contribution in [3.8, 4) is 0 Å². The molecule has 78 valence electrons. The van der Waals surface area contributed by atoms with E-state index in [1.54, 1.807) is 11.9 Å². The van der Waals surface area contributed by atoms with Crippen molar-refractivity contribution in [3.63, 3.8) is 0 Å². The average molecular weight is 201 g/mol. The summed E-state index contributed by atoms with van der Waals surface area (Å²) in [6, 6.07) is 0. The standard InChI is InChI=1S/C12H15N3/c1-2-4-12-10(3-1)5-6-15(12)8-11-7-13-9-14-11/h2,4,7,9H,1,3,5-6,8H2,(H,13,14). The highest BCUT2D eigenvalue weighted by atomic mass is 15.2. The monoisotopic (exact) mass is 201 g/mol. The van der Waals surface area contributed by atoms with Crippen LogP contribution in [0.3, 0.4) is 0 Å². The highest BCUT2D eigenvalue weighted by Gasteiger charge is 2.21. The Bertz CT molecular complexity index is 401. The molecule has 0 spiro atoms. The molecular formula is C12H15N3. The fraction of sp³-hybridized carbons (Fsp3) is 0.417. The Morgan fingerprint density at radius 1 is 1.40 bits per heavy atom. The first kappa shape index (κ1) is 8.77. The van der Waals surface area contributed by atoms with Gasteiger partial charge in [0.25, 0.3) is 0 Å². The van der Waals surface area contributed by atoms with E-state index in [2.05, 4.69) is 27.0 Å². The molecule has 0 saturated heterocycles. The summed E-state index contributed by atoms with van der Waals surface area (Å²) in [6.45, 7) is 2.12. The number of H-pyrrole nitrogens is 1. The summed E-state index contributed by atoms with van der Waals surface area (Å²) >= 11 is 0. The molecule has 2 heterocycles. The van der Waals surface area contributed by atoms with Crippen molar-refractivity contribution >= 4 is 0 Å². The summed E-state index contributed by atoms with van der Waals surface area (Å²) in [5.74, 6) is 0. The van der Waals surface area contributed by atoms with Crippen molar-refractivity contribution in [3.05, 3.63) is 41.6 Å². The Balaban J connectivity index is 1.78. The maximum absolute atomic E-state index is 4.05. The molecule has 3 heteroatoms. The molecule has 0 saturated carbocycles. The first-order valence-corrected chi connectivity index (χ1v) is 5.54. The van der Waals surface area contributed by atoms with Crippen molar-refractivity contribution < 1.29 is 0 Å². The van der Waals surface area contributed by atoms with Gasteiger partial charge < -0.3 is 9.88 Å². The van der Waals surface area contributed by atoms with E-state index in [1.165, 1.54) is 30.7 Å². The molecule has 1 aromatic rings. The zero-order valence-electron chi connectivity index (χ0n) is 8.74. The van der Waals surface area contributed by atoms with E-state index in [4.69, 9.17) is 0 Å². The number of allylic oxidation sites excluding steroid dienone is 2. The van der Waals surface area contributed by atoms with Gasteiger partial charge in [0.05, 0.1) is 18.6 Å². The normalized spacial score (nSPS) is 19.9. The fourth-order valence-electron chi connectivity index (χ4n) is 2.41. The second-order valence-corrected chi connectivity index (χ2v) is 4.18. The van der Waals surface area contributed by atoms with E-state index in [0.717, 1.165) is 13.1 Å². The molecule has 0 atom stereocenters. The van der Waals surface area contributed by atoms with Crippen LogP contribution in [0.1, 0.15) is 25.0 Å². The molecule has 0 bridgehead atoms. The quantitative estimate of drug-likeness (QED) is 0.795. The van der Waals surface area contributed by atoms with Crippen LogP contribution < -0.4 is 0 Å². The van der Waals surface area contributed by atoms with Crippen LogP contribution in [0.25, 0.3) is 0 Å². The predicted octanol–water partition coefficient (Wildman–Crippen LogP) is 2.22. The molecule has 0 unspecified atom stereocenters. The van der Waals surface area contributed by atoms with E-state index in [1.807, 2.05) is 6.20 Å². The number of aromatic nitrogens is 2. The van der Waals surface area contributed by atoms with Gasteiger partial charge in [0.2, 0.25) is 0 Å². The number of nitrogens with zero attached hydrogens (tertiary/aromatic N) is 2. The molecule has 0 fully saturated rings. The summed E-state index contributed by atoms with van der Waals surface area (Å²) in [7, 11) is 0. The van der Waals surface area contributed by atoms with Crippen LogP contribution in [0, 0.1) is 0 Å². The van der Waals surface area contributed by atoms with Crippen molar-refractivity contribution in [1.82, 2.24) is 14.9 Å². The molecule has 1 aliphatic heterocycles. The third kappa shape index (κ3) is 1.58. The van der Waals surface area contributed by atoms with E-state index in [-0.39, 0.29) is 0 Å². The van der Waals surface area contributed by atoms with Crippen LogP contribution in [0.15, 0.2) is 35.9 Å². The molecule has 0 amide bonds. The van der Waals surface area contributed by atoms with Crippen LogP contribution in [0.2, 0.25) is 0 Å². The summed E-state index contributed by atoms with van der Waals surface area (Å²) in [5.41, 5.74) is 4.29. The Morgan fingerprint density at radius 3 is 3.27 bits per heavy atom. The van der Waals surface area contributed by atoms with Gasteiger partial charge in [-0.3, -0.25) is 0 Å². The number of aromatic amines is 1. The summed E-state index contributed by atoms with van der Waals surface area (Å²) in [5, 5.41) is 0. The Hall–Kier alpha value is -1.51. The van der Waals surface area contributed by atoms with Gasteiger partial charge in [-0.25, -0.2) is 4.98 Å². The second-order valence-electron chi connectivity index (χ2n) is 4.18. The molecule has 0 radical (unpaired) electrons. The summed E-state index contributed by atoms with van der Waals surface area (Å²) in [4.78, 5) is 9.66. The van der Waals surface area contributed by atoms with Gasteiger partial charge in [0.1, 0.15) is 0 Å². The molecule has 1 N–H and O–H groups in total. The molecule has 3 rings (SSSR count). The minimum atomic E-state index is 0.961. The van der Waals surface area contributed by atoms with Crippen molar-refractivity contribution in [2.45, 2.75) is 25.8 Å². The molecule has 1 aromatic heterocycles. The van der Waals surface area contributed by atoms with Crippen molar-refractivity contribution in [2.75, 3.05) is 6.54 Å². The first-order valence-electron chi connectivity index (χ1n) is 5.54. The van der Waals surface area contributed by atoms with Gasteiger partial charge >= 0.3 is 0 Å². The lowest BCUT2D eigenvalue weighted by Crippen LogP contribution is -2.18. The number of nitrogens with one attached hydrogen (secondary N) is 1.